The molecule has 0 saturated heterocycles. The van der Waals surface area contributed by atoms with Gasteiger partial charge in [-0.2, -0.15) is 0 Å². The van der Waals surface area contributed by atoms with Crippen LogP contribution >= 0.6 is 15.9 Å². The fraction of sp³-hybridized carbons (Fsp3) is 0.800. The largest absolute Gasteiger partial charge is 0.255 e. The molecule has 1 unspecified atom stereocenters. The van der Waals surface area contributed by atoms with E-state index in [0.717, 1.165) is 22.9 Å². The standard InChI is InChI=1S/C10H16BrN3/c1-14-7-9(12-13-14)3-2-4-10(11)8-5-6-8/h7-8,10H,2-6H2,1H3. The van der Waals surface area contributed by atoms with Crippen LogP contribution in [0.15, 0.2) is 6.20 Å². The third-order valence-electron chi connectivity index (χ3n) is 2.70. The average Bonchev–Trinajstić information content (AvgIpc) is 2.92. The predicted molar refractivity (Wildman–Crippen MR) is 59.4 cm³/mol. The van der Waals surface area contributed by atoms with Gasteiger partial charge in [-0.05, 0) is 38.0 Å². The molecule has 0 amide bonds. The first kappa shape index (κ1) is 10.1. The molecule has 1 saturated carbocycles. The number of alkyl halides is 1. The fourth-order valence-electron chi connectivity index (χ4n) is 1.68. The topological polar surface area (TPSA) is 30.7 Å². The maximum Gasteiger partial charge on any atom is 0.0827 e. The number of aromatic nitrogens is 3. The Balaban J connectivity index is 1.67. The number of hydrogen-bond acceptors (Lipinski definition) is 2. The van der Waals surface area contributed by atoms with Gasteiger partial charge in [0.2, 0.25) is 0 Å². The highest BCUT2D eigenvalue weighted by atomic mass is 79.9. The van der Waals surface area contributed by atoms with Crippen molar-refractivity contribution in [3.8, 4) is 0 Å². The summed E-state index contributed by atoms with van der Waals surface area (Å²) >= 11 is 3.74. The van der Waals surface area contributed by atoms with Crippen LogP contribution in [0.25, 0.3) is 0 Å². The van der Waals surface area contributed by atoms with Gasteiger partial charge < -0.3 is 0 Å². The Kier molecular flexibility index (Phi) is 3.21. The molecule has 0 N–H and O–H groups in total. The van der Waals surface area contributed by atoms with E-state index in [0.29, 0.717) is 0 Å². The van der Waals surface area contributed by atoms with Gasteiger partial charge in [-0.3, -0.25) is 4.68 Å². The van der Waals surface area contributed by atoms with E-state index in [2.05, 4.69) is 26.2 Å². The van der Waals surface area contributed by atoms with Crippen molar-refractivity contribution in [1.29, 1.82) is 0 Å². The van der Waals surface area contributed by atoms with Gasteiger partial charge in [0.15, 0.2) is 0 Å². The lowest BCUT2D eigenvalue weighted by Gasteiger charge is -2.05. The van der Waals surface area contributed by atoms with E-state index in [1.54, 1.807) is 4.68 Å². The van der Waals surface area contributed by atoms with Crippen molar-refractivity contribution in [3.63, 3.8) is 0 Å². The van der Waals surface area contributed by atoms with Crippen LogP contribution in [-0.4, -0.2) is 19.8 Å². The summed E-state index contributed by atoms with van der Waals surface area (Å²) in [5, 5.41) is 7.99. The van der Waals surface area contributed by atoms with Crippen LogP contribution < -0.4 is 0 Å². The minimum Gasteiger partial charge on any atom is -0.255 e. The number of halogens is 1. The first-order valence-corrected chi connectivity index (χ1v) is 6.16. The maximum absolute atomic E-state index is 4.07. The van der Waals surface area contributed by atoms with Gasteiger partial charge in [0.1, 0.15) is 0 Å². The van der Waals surface area contributed by atoms with E-state index < -0.39 is 0 Å². The molecule has 0 bridgehead atoms. The van der Waals surface area contributed by atoms with Crippen molar-refractivity contribution in [2.24, 2.45) is 13.0 Å². The summed E-state index contributed by atoms with van der Waals surface area (Å²) in [6.07, 6.45) is 8.37. The van der Waals surface area contributed by atoms with Gasteiger partial charge in [0.25, 0.3) is 0 Å². The minimum atomic E-state index is 0.735. The summed E-state index contributed by atoms with van der Waals surface area (Å²) in [6, 6.07) is 0. The molecule has 0 radical (unpaired) electrons. The SMILES string of the molecule is Cn1cc(CCCC(Br)C2CC2)nn1. The summed E-state index contributed by atoms with van der Waals surface area (Å²) in [6.45, 7) is 0. The summed E-state index contributed by atoms with van der Waals surface area (Å²) in [4.78, 5) is 0.735. The lowest BCUT2D eigenvalue weighted by molar-refractivity contribution is 0.647. The molecule has 2 rings (SSSR count). The molecule has 1 aromatic rings. The molecule has 1 aliphatic carbocycles. The lowest BCUT2D eigenvalue weighted by Crippen LogP contribution is -2.01. The van der Waals surface area contributed by atoms with Crippen LogP contribution in [0.5, 0.6) is 0 Å². The number of hydrogen-bond donors (Lipinski definition) is 0. The van der Waals surface area contributed by atoms with Gasteiger partial charge >= 0.3 is 0 Å². The highest BCUT2D eigenvalue weighted by molar-refractivity contribution is 9.09. The Labute approximate surface area is 93.0 Å². The normalized spacial score (nSPS) is 18.4. The molecular formula is C10H16BrN3. The molecule has 4 heteroatoms. The quantitative estimate of drug-likeness (QED) is 0.759. The van der Waals surface area contributed by atoms with Gasteiger partial charge in [-0.15, -0.1) is 5.10 Å². The molecule has 78 valence electrons. The smallest absolute Gasteiger partial charge is 0.0827 e. The van der Waals surface area contributed by atoms with Crippen molar-refractivity contribution in [2.45, 2.75) is 36.9 Å². The van der Waals surface area contributed by atoms with Crippen LogP contribution in [0.3, 0.4) is 0 Å². The molecule has 0 aliphatic heterocycles. The van der Waals surface area contributed by atoms with E-state index in [-0.39, 0.29) is 0 Å². The van der Waals surface area contributed by atoms with Crippen LogP contribution in [0.1, 0.15) is 31.4 Å². The Bertz CT molecular complexity index is 293. The molecular weight excluding hydrogens is 242 g/mol. The molecule has 1 aliphatic rings. The molecule has 3 nitrogen and oxygen atoms in total. The third kappa shape index (κ3) is 2.80. The maximum atomic E-state index is 4.07. The van der Waals surface area contributed by atoms with Crippen molar-refractivity contribution in [2.75, 3.05) is 0 Å². The van der Waals surface area contributed by atoms with Crippen molar-refractivity contribution in [1.82, 2.24) is 15.0 Å². The lowest BCUT2D eigenvalue weighted by atomic mass is 10.1. The zero-order chi connectivity index (χ0) is 9.97. The second kappa shape index (κ2) is 4.43. The predicted octanol–water partition coefficient (Wildman–Crippen LogP) is 2.31. The molecule has 1 fully saturated rings. The van der Waals surface area contributed by atoms with Crippen LogP contribution in [-0.2, 0) is 13.5 Å². The molecule has 1 heterocycles. The van der Waals surface area contributed by atoms with Crippen LogP contribution in [0, 0.1) is 5.92 Å². The Morgan fingerprint density at radius 3 is 3.00 bits per heavy atom. The van der Waals surface area contributed by atoms with E-state index in [9.17, 15) is 0 Å². The van der Waals surface area contributed by atoms with Crippen LogP contribution in [0.2, 0.25) is 0 Å². The first-order chi connectivity index (χ1) is 6.75. The number of rotatable bonds is 5. The molecule has 1 atom stereocenters. The number of nitrogens with zero attached hydrogens (tertiary/aromatic N) is 3. The first-order valence-electron chi connectivity index (χ1n) is 5.25. The van der Waals surface area contributed by atoms with Gasteiger partial charge in [-0.1, -0.05) is 21.1 Å². The third-order valence-corrected chi connectivity index (χ3v) is 3.90. The summed E-state index contributed by atoms with van der Waals surface area (Å²) < 4.78 is 1.77. The van der Waals surface area contributed by atoms with Gasteiger partial charge in [-0.25, -0.2) is 0 Å². The highest BCUT2D eigenvalue weighted by Gasteiger charge is 2.28. The summed E-state index contributed by atoms with van der Waals surface area (Å²) in [7, 11) is 1.91. The van der Waals surface area contributed by atoms with Crippen LogP contribution in [0.4, 0.5) is 0 Å². The summed E-state index contributed by atoms with van der Waals surface area (Å²) in [5.41, 5.74) is 1.11. The monoisotopic (exact) mass is 257 g/mol. The van der Waals surface area contributed by atoms with E-state index in [4.69, 9.17) is 0 Å². The Morgan fingerprint density at radius 1 is 1.64 bits per heavy atom. The van der Waals surface area contributed by atoms with E-state index in [1.165, 1.54) is 25.7 Å². The second-order valence-electron chi connectivity index (χ2n) is 4.13. The average molecular weight is 258 g/mol. The fourth-order valence-corrected chi connectivity index (χ4v) is 2.53. The van der Waals surface area contributed by atoms with Crippen molar-refractivity contribution in [3.05, 3.63) is 11.9 Å². The van der Waals surface area contributed by atoms with Crippen molar-refractivity contribution >= 4 is 15.9 Å². The van der Waals surface area contributed by atoms with Gasteiger partial charge in [0.05, 0.1) is 5.69 Å². The Hall–Kier alpha value is -0.380. The van der Waals surface area contributed by atoms with E-state index >= 15 is 0 Å². The Morgan fingerprint density at radius 2 is 2.43 bits per heavy atom. The van der Waals surface area contributed by atoms with Gasteiger partial charge in [0, 0.05) is 18.1 Å². The molecule has 0 aromatic carbocycles. The van der Waals surface area contributed by atoms with E-state index in [1.807, 2.05) is 13.2 Å². The highest BCUT2D eigenvalue weighted by Crippen LogP contribution is 2.38. The zero-order valence-electron chi connectivity index (χ0n) is 8.49. The van der Waals surface area contributed by atoms with Crippen molar-refractivity contribution < 1.29 is 0 Å². The zero-order valence-corrected chi connectivity index (χ0v) is 10.1. The molecule has 14 heavy (non-hydrogen) atoms. The minimum absolute atomic E-state index is 0.735. The number of aryl methyl sites for hydroxylation is 2. The summed E-state index contributed by atoms with van der Waals surface area (Å²) in [5.74, 6) is 0.955. The molecule has 0 spiro atoms. The second-order valence-corrected chi connectivity index (χ2v) is 5.31. The molecule has 1 aromatic heterocycles.